The van der Waals surface area contributed by atoms with E-state index >= 15 is 0 Å². The van der Waals surface area contributed by atoms with Crippen LogP contribution >= 0.6 is 11.6 Å². The number of benzene rings is 2. The highest BCUT2D eigenvalue weighted by Crippen LogP contribution is 2.27. The van der Waals surface area contributed by atoms with E-state index in [2.05, 4.69) is 20.2 Å². The van der Waals surface area contributed by atoms with Gasteiger partial charge in [-0.2, -0.15) is 0 Å². The summed E-state index contributed by atoms with van der Waals surface area (Å²) in [5.74, 6) is -0.0358. The van der Waals surface area contributed by atoms with E-state index in [1.165, 1.54) is 49.4 Å². The quantitative estimate of drug-likeness (QED) is 0.504. The number of amides is 1. The van der Waals surface area contributed by atoms with Gasteiger partial charge in [-0.25, -0.2) is 17.5 Å². The number of hydrogen-bond donors (Lipinski definition) is 2. The fourth-order valence-corrected chi connectivity index (χ4v) is 4.43. The monoisotopic (exact) mass is 481 g/mol. The summed E-state index contributed by atoms with van der Waals surface area (Å²) in [4.78, 5) is 11.1. The molecule has 0 radical (unpaired) electrons. The van der Waals surface area contributed by atoms with Gasteiger partial charge in [0, 0.05) is 13.5 Å². The van der Waals surface area contributed by atoms with Crippen molar-refractivity contribution in [3.05, 3.63) is 59.1 Å². The average molecular weight is 482 g/mol. The van der Waals surface area contributed by atoms with Crippen molar-refractivity contribution in [1.29, 1.82) is 0 Å². The number of halogens is 2. The third-order valence-corrected chi connectivity index (χ3v) is 6.22. The third kappa shape index (κ3) is 5.42. The van der Waals surface area contributed by atoms with Gasteiger partial charge in [-0.3, -0.25) is 9.36 Å². The molecule has 3 rings (SSSR count). The van der Waals surface area contributed by atoms with Crippen molar-refractivity contribution in [1.82, 2.24) is 19.5 Å². The summed E-state index contributed by atoms with van der Waals surface area (Å²) in [5.41, 5.74) is 0.305. The first-order valence-corrected chi connectivity index (χ1v) is 11.4. The van der Waals surface area contributed by atoms with Crippen LogP contribution in [-0.2, 0) is 21.4 Å². The number of nitrogens with zero attached hydrogens (tertiary/aromatic N) is 3. The lowest BCUT2D eigenvalue weighted by atomic mass is 10.3. The van der Waals surface area contributed by atoms with Gasteiger partial charge in [-0.05, 0) is 56.3 Å². The van der Waals surface area contributed by atoms with E-state index < -0.39 is 21.9 Å². The molecule has 0 unspecified atom stereocenters. The first-order valence-electron chi connectivity index (χ1n) is 9.56. The predicted molar refractivity (Wildman–Crippen MR) is 117 cm³/mol. The highest BCUT2D eigenvalue weighted by Gasteiger charge is 2.24. The van der Waals surface area contributed by atoms with Gasteiger partial charge in [-0.1, -0.05) is 16.7 Å². The summed E-state index contributed by atoms with van der Waals surface area (Å²) in [6.45, 7) is 5.17. The zero-order valence-corrected chi connectivity index (χ0v) is 19.0. The van der Waals surface area contributed by atoms with Crippen LogP contribution in [0, 0.1) is 5.82 Å². The molecule has 12 heteroatoms. The molecule has 0 aliphatic heterocycles. The Labute approximate surface area is 189 Å². The van der Waals surface area contributed by atoms with Crippen molar-refractivity contribution in [3.8, 4) is 11.8 Å². The molecule has 0 fully saturated rings. The normalized spacial score (nSPS) is 12.4. The van der Waals surface area contributed by atoms with Crippen LogP contribution in [-0.4, -0.2) is 29.1 Å². The molecule has 170 valence electrons. The van der Waals surface area contributed by atoms with Crippen molar-refractivity contribution in [3.63, 3.8) is 0 Å². The van der Waals surface area contributed by atoms with Gasteiger partial charge in [0.05, 0.1) is 21.6 Å². The number of aromatic nitrogens is 3. The molecule has 0 saturated heterocycles. The standard InChI is InChI=1S/C20H21ClFN5O4S/c1-4-27-19(24-25-20(27)31-15-7-5-14(22)6-8-15)12(2)26-32(29,30)16-9-10-18(17(21)11-16)23-13(3)28/h5-12,26H,4H2,1-3H3,(H,23,28)/t12-/m1/s1. The summed E-state index contributed by atoms with van der Waals surface area (Å²) >= 11 is 6.10. The molecular weight excluding hydrogens is 461 g/mol. The van der Waals surface area contributed by atoms with E-state index in [-0.39, 0.29) is 21.8 Å². The molecule has 1 amide bonds. The molecule has 0 saturated carbocycles. The molecule has 2 aromatic carbocycles. The van der Waals surface area contributed by atoms with Gasteiger partial charge in [0.15, 0.2) is 5.82 Å². The molecule has 0 spiro atoms. The molecule has 1 heterocycles. The van der Waals surface area contributed by atoms with Gasteiger partial charge in [0.2, 0.25) is 15.9 Å². The fraction of sp³-hybridized carbons (Fsp3) is 0.250. The summed E-state index contributed by atoms with van der Waals surface area (Å²) in [7, 11) is -3.97. The largest absolute Gasteiger partial charge is 0.424 e. The Bertz CT molecular complexity index is 1230. The van der Waals surface area contributed by atoms with E-state index in [1.54, 1.807) is 11.5 Å². The minimum atomic E-state index is -3.97. The number of carbonyl (C=O) groups excluding carboxylic acids is 1. The van der Waals surface area contributed by atoms with Crippen molar-refractivity contribution in [2.24, 2.45) is 0 Å². The van der Waals surface area contributed by atoms with Crippen LogP contribution in [0.3, 0.4) is 0 Å². The molecule has 0 bridgehead atoms. The Morgan fingerprint density at radius 1 is 1.22 bits per heavy atom. The molecule has 2 N–H and O–H groups in total. The van der Waals surface area contributed by atoms with Crippen molar-refractivity contribution in [2.75, 3.05) is 5.32 Å². The molecule has 9 nitrogen and oxygen atoms in total. The number of hydrogen-bond acceptors (Lipinski definition) is 6. The maximum atomic E-state index is 13.1. The molecule has 3 aromatic rings. The Hall–Kier alpha value is -3.02. The van der Waals surface area contributed by atoms with Gasteiger partial charge in [-0.15, -0.1) is 5.10 Å². The number of anilines is 1. The molecule has 1 aromatic heterocycles. The molecule has 32 heavy (non-hydrogen) atoms. The van der Waals surface area contributed by atoms with E-state index in [0.717, 1.165) is 0 Å². The minimum Gasteiger partial charge on any atom is -0.424 e. The van der Waals surface area contributed by atoms with Gasteiger partial charge in [0.25, 0.3) is 0 Å². The van der Waals surface area contributed by atoms with Crippen LogP contribution in [0.4, 0.5) is 10.1 Å². The highest BCUT2D eigenvalue weighted by molar-refractivity contribution is 7.89. The number of rotatable bonds is 8. The Balaban J connectivity index is 1.81. The summed E-state index contributed by atoms with van der Waals surface area (Å²) < 4.78 is 48.6. The van der Waals surface area contributed by atoms with E-state index in [9.17, 15) is 17.6 Å². The maximum absolute atomic E-state index is 13.1. The predicted octanol–water partition coefficient (Wildman–Crippen LogP) is 3.88. The van der Waals surface area contributed by atoms with Crippen LogP contribution in [0.25, 0.3) is 0 Å². The smallest absolute Gasteiger partial charge is 0.322 e. The first kappa shape index (κ1) is 23.6. The van der Waals surface area contributed by atoms with Gasteiger partial charge < -0.3 is 10.1 Å². The van der Waals surface area contributed by atoms with E-state index in [0.29, 0.717) is 23.8 Å². The lowest BCUT2D eigenvalue weighted by molar-refractivity contribution is -0.114. The highest BCUT2D eigenvalue weighted by atomic mass is 35.5. The molecule has 1 atom stereocenters. The van der Waals surface area contributed by atoms with Crippen molar-refractivity contribution < 1.29 is 22.3 Å². The zero-order valence-electron chi connectivity index (χ0n) is 17.5. The second-order valence-electron chi connectivity index (χ2n) is 6.81. The maximum Gasteiger partial charge on any atom is 0.322 e. The number of sulfonamides is 1. The van der Waals surface area contributed by atoms with Gasteiger partial charge >= 0.3 is 6.01 Å². The van der Waals surface area contributed by atoms with Crippen LogP contribution in [0.2, 0.25) is 5.02 Å². The lowest BCUT2D eigenvalue weighted by Gasteiger charge is -2.16. The Morgan fingerprint density at radius 2 is 1.91 bits per heavy atom. The Morgan fingerprint density at radius 3 is 2.50 bits per heavy atom. The third-order valence-electron chi connectivity index (χ3n) is 4.37. The number of nitrogens with one attached hydrogen (secondary N) is 2. The van der Waals surface area contributed by atoms with Crippen molar-refractivity contribution in [2.45, 2.75) is 38.3 Å². The van der Waals surface area contributed by atoms with E-state index in [1.807, 2.05) is 6.92 Å². The van der Waals surface area contributed by atoms with Crippen LogP contribution in [0.1, 0.15) is 32.6 Å². The second-order valence-corrected chi connectivity index (χ2v) is 8.93. The fourth-order valence-electron chi connectivity index (χ4n) is 2.91. The summed E-state index contributed by atoms with van der Waals surface area (Å²) in [6, 6.07) is 8.77. The topological polar surface area (TPSA) is 115 Å². The van der Waals surface area contributed by atoms with E-state index in [4.69, 9.17) is 16.3 Å². The van der Waals surface area contributed by atoms with Crippen molar-refractivity contribution >= 4 is 33.2 Å². The molecule has 0 aliphatic carbocycles. The SMILES string of the molecule is CCn1c(Oc2ccc(F)cc2)nnc1[C@@H](C)NS(=O)(=O)c1ccc(NC(C)=O)c(Cl)c1. The van der Waals surface area contributed by atoms with Crippen LogP contribution in [0.5, 0.6) is 11.8 Å². The van der Waals surface area contributed by atoms with Gasteiger partial charge in [0.1, 0.15) is 11.6 Å². The lowest BCUT2D eigenvalue weighted by Crippen LogP contribution is -2.29. The summed E-state index contributed by atoms with van der Waals surface area (Å²) in [6.07, 6.45) is 0. The average Bonchev–Trinajstić information content (AvgIpc) is 3.13. The number of carbonyl (C=O) groups is 1. The summed E-state index contributed by atoms with van der Waals surface area (Å²) in [5, 5.41) is 10.6. The molecular formula is C20H21ClFN5O4S. The van der Waals surface area contributed by atoms with Crippen LogP contribution < -0.4 is 14.8 Å². The van der Waals surface area contributed by atoms with Crippen LogP contribution in [0.15, 0.2) is 47.4 Å². The number of ether oxygens (including phenoxy) is 1. The zero-order chi connectivity index (χ0) is 23.5. The Kier molecular flexibility index (Phi) is 7.12. The molecule has 0 aliphatic rings. The second kappa shape index (κ2) is 9.63. The minimum absolute atomic E-state index is 0.0752. The first-order chi connectivity index (χ1) is 15.1.